The highest BCUT2D eigenvalue weighted by molar-refractivity contribution is 6.32. The van der Waals surface area contributed by atoms with Gasteiger partial charge in [0.15, 0.2) is 6.61 Å². The van der Waals surface area contributed by atoms with Crippen LogP contribution in [0.3, 0.4) is 0 Å². The summed E-state index contributed by atoms with van der Waals surface area (Å²) in [6.07, 6.45) is 1.48. The first-order valence-corrected chi connectivity index (χ1v) is 7.40. The number of hydrogen-bond acceptors (Lipinski definition) is 4. The van der Waals surface area contributed by atoms with Gasteiger partial charge in [-0.2, -0.15) is 0 Å². The number of hydrogen-bond donors (Lipinski definition) is 2. The zero-order chi connectivity index (χ0) is 16.1. The van der Waals surface area contributed by atoms with Crippen LogP contribution in [0.5, 0.6) is 5.75 Å². The highest BCUT2D eigenvalue weighted by Gasteiger charge is 2.25. The van der Waals surface area contributed by atoms with E-state index in [1.807, 2.05) is 6.92 Å². The van der Waals surface area contributed by atoms with Crippen LogP contribution in [0.15, 0.2) is 18.2 Å². The number of halogens is 1. The number of aliphatic carboxylic acids is 1. The Balaban J connectivity index is 1.96. The molecule has 120 valence electrons. The molecule has 1 aliphatic rings. The highest BCUT2D eigenvalue weighted by Crippen LogP contribution is 2.28. The molecule has 2 atom stereocenters. The molecule has 1 amide bonds. The van der Waals surface area contributed by atoms with Crippen molar-refractivity contribution >= 4 is 29.2 Å². The molecule has 0 aromatic heterocycles. The van der Waals surface area contributed by atoms with Crippen molar-refractivity contribution < 1.29 is 24.2 Å². The number of anilines is 1. The molecule has 0 aliphatic carbocycles. The lowest BCUT2D eigenvalue weighted by Gasteiger charge is -2.26. The van der Waals surface area contributed by atoms with Crippen LogP contribution in [-0.4, -0.2) is 36.3 Å². The van der Waals surface area contributed by atoms with Crippen LogP contribution in [0.4, 0.5) is 5.69 Å². The average molecular weight is 328 g/mol. The summed E-state index contributed by atoms with van der Waals surface area (Å²) in [4.78, 5) is 22.7. The third kappa shape index (κ3) is 4.61. The number of nitrogens with one attached hydrogen (secondary N) is 1. The standard InChI is InChI=1S/C15H18ClNO5/c1-9-6-10(4-5-21-9)15(20)17-11-2-3-13(12(16)7-11)22-8-14(18)19/h2-3,7,9-10H,4-6,8H2,1H3,(H,17,20)(H,18,19)/t9-,10-/m0/s1. The first-order chi connectivity index (χ1) is 10.5. The Morgan fingerprint density at radius 3 is 2.91 bits per heavy atom. The first kappa shape index (κ1) is 16.6. The van der Waals surface area contributed by atoms with Gasteiger partial charge in [0.2, 0.25) is 5.91 Å². The van der Waals surface area contributed by atoms with E-state index in [9.17, 15) is 9.59 Å². The SMILES string of the molecule is C[C@H]1C[C@@H](C(=O)Nc2ccc(OCC(=O)O)c(Cl)c2)CCO1. The molecule has 1 saturated heterocycles. The van der Waals surface area contributed by atoms with Gasteiger partial charge < -0.3 is 19.9 Å². The van der Waals surface area contributed by atoms with E-state index in [-0.39, 0.29) is 28.7 Å². The maximum Gasteiger partial charge on any atom is 0.341 e. The van der Waals surface area contributed by atoms with Crippen LogP contribution in [0, 0.1) is 5.92 Å². The van der Waals surface area contributed by atoms with Crippen LogP contribution in [0.25, 0.3) is 0 Å². The number of rotatable bonds is 5. The molecular weight excluding hydrogens is 310 g/mol. The van der Waals surface area contributed by atoms with Gasteiger partial charge in [-0.15, -0.1) is 0 Å². The molecule has 1 heterocycles. The number of amides is 1. The Kier molecular flexibility index (Phi) is 5.63. The second kappa shape index (κ2) is 7.47. The molecule has 0 spiro atoms. The lowest BCUT2D eigenvalue weighted by molar-refractivity contribution is -0.139. The van der Waals surface area contributed by atoms with Gasteiger partial charge in [-0.25, -0.2) is 4.79 Å². The molecule has 0 radical (unpaired) electrons. The summed E-state index contributed by atoms with van der Waals surface area (Å²) in [7, 11) is 0. The smallest absolute Gasteiger partial charge is 0.341 e. The normalized spacial score (nSPS) is 21.2. The summed E-state index contributed by atoms with van der Waals surface area (Å²) in [6.45, 7) is 2.07. The number of carbonyl (C=O) groups excluding carboxylic acids is 1. The fourth-order valence-electron chi connectivity index (χ4n) is 2.32. The minimum atomic E-state index is -1.08. The predicted octanol–water partition coefficient (Wildman–Crippen LogP) is 2.56. The molecule has 22 heavy (non-hydrogen) atoms. The maximum atomic E-state index is 12.2. The van der Waals surface area contributed by atoms with Crippen molar-refractivity contribution in [2.45, 2.75) is 25.9 Å². The molecule has 7 heteroatoms. The van der Waals surface area contributed by atoms with Gasteiger partial charge >= 0.3 is 5.97 Å². The van der Waals surface area contributed by atoms with Crippen molar-refractivity contribution in [3.63, 3.8) is 0 Å². The van der Waals surface area contributed by atoms with Crippen molar-refractivity contribution in [1.82, 2.24) is 0 Å². The van der Waals surface area contributed by atoms with Gasteiger partial charge in [0.05, 0.1) is 11.1 Å². The van der Waals surface area contributed by atoms with E-state index in [2.05, 4.69) is 5.32 Å². The molecule has 6 nitrogen and oxygen atoms in total. The fourth-order valence-corrected chi connectivity index (χ4v) is 2.55. The van der Waals surface area contributed by atoms with Crippen molar-refractivity contribution in [3.05, 3.63) is 23.2 Å². The van der Waals surface area contributed by atoms with E-state index < -0.39 is 12.6 Å². The summed E-state index contributed by atoms with van der Waals surface area (Å²) >= 11 is 6.02. The summed E-state index contributed by atoms with van der Waals surface area (Å²) in [5.41, 5.74) is 0.553. The van der Waals surface area contributed by atoms with Gasteiger partial charge in [0.25, 0.3) is 0 Å². The van der Waals surface area contributed by atoms with Gasteiger partial charge in [0, 0.05) is 18.2 Å². The Hall–Kier alpha value is -1.79. The predicted molar refractivity (Wildman–Crippen MR) is 81.4 cm³/mol. The van der Waals surface area contributed by atoms with E-state index in [4.69, 9.17) is 26.2 Å². The van der Waals surface area contributed by atoms with Crippen molar-refractivity contribution in [3.8, 4) is 5.75 Å². The lowest BCUT2D eigenvalue weighted by atomic mass is 9.95. The van der Waals surface area contributed by atoms with Crippen LogP contribution in [0.2, 0.25) is 5.02 Å². The molecule has 2 N–H and O–H groups in total. The van der Waals surface area contributed by atoms with E-state index in [1.165, 1.54) is 6.07 Å². The van der Waals surface area contributed by atoms with Gasteiger partial charge in [0.1, 0.15) is 5.75 Å². The fraction of sp³-hybridized carbons (Fsp3) is 0.467. The van der Waals surface area contributed by atoms with E-state index in [0.717, 1.165) is 0 Å². The molecule has 1 aliphatic heterocycles. The van der Waals surface area contributed by atoms with E-state index in [1.54, 1.807) is 12.1 Å². The molecule has 0 unspecified atom stereocenters. The molecule has 1 aromatic rings. The molecular formula is C15H18ClNO5. The largest absolute Gasteiger partial charge is 0.480 e. The van der Waals surface area contributed by atoms with E-state index >= 15 is 0 Å². The third-order valence-electron chi connectivity index (χ3n) is 3.41. The Morgan fingerprint density at radius 1 is 1.50 bits per heavy atom. The van der Waals surface area contributed by atoms with Gasteiger partial charge in [-0.05, 0) is 38.0 Å². The minimum Gasteiger partial charge on any atom is -0.480 e. The maximum absolute atomic E-state index is 12.2. The molecule has 1 aromatic carbocycles. The van der Waals surface area contributed by atoms with Crippen LogP contribution in [-0.2, 0) is 14.3 Å². The Morgan fingerprint density at radius 2 is 2.27 bits per heavy atom. The number of carboxylic acid groups (broad SMARTS) is 1. The molecule has 1 fully saturated rings. The third-order valence-corrected chi connectivity index (χ3v) is 3.70. The zero-order valence-electron chi connectivity index (χ0n) is 12.2. The van der Waals surface area contributed by atoms with Gasteiger partial charge in [-0.1, -0.05) is 11.6 Å². The average Bonchev–Trinajstić information content (AvgIpc) is 2.46. The molecule has 0 bridgehead atoms. The quantitative estimate of drug-likeness (QED) is 0.868. The van der Waals surface area contributed by atoms with Crippen molar-refractivity contribution in [2.75, 3.05) is 18.5 Å². The lowest BCUT2D eigenvalue weighted by Crippen LogP contribution is -2.32. The summed E-state index contributed by atoms with van der Waals surface area (Å²) in [5, 5.41) is 11.6. The summed E-state index contributed by atoms with van der Waals surface area (Å²) in [5.74, 6) is -0.959. The van der Waals surface area contributed by atoms with Crippen LogP contribution >= 0.6 is 11.6 Å². The number of ether oxygens (including phenoxy) is 2. The summed E-state index contributed by atoms with van der Waals surface area (Å²) in [6, 6.07) is 4.70. The van der Waals surface area contributed by atoms with Crippen LogP contribution < -0.4 is 10.1 Å². The Bertz CT molecular complexity index is 563. The minimum absolute atomic E-state index is 0.0644. The van der Waals surface area contributed by atoms with Gasteiger partial charge in [-0.3, -0.25) is 4.79 Å². The molecule has 0 saturated carbocycles. The topological polar surface area (TPSA) is 84.9 Å². The Labute approximate surface area is 133 Å². The number of carbonyl (C=O) groups is 2. The summed E-state index contributed by atoms with van der Waals surface area (Å²) < 4.78 is 10.5. The number of carboxylic acids is 1. The second-order valence-corrected chi connectivity index (χ2v) is 5.63. The van der Waals surface area contributed by atoms with Crippen molar-refractivity contribution in [2.24, 2.45) is 5.92 Å². The zero-order valence-corrected chi connectivity index (χ0v) is 12.9. The van der Waals surface area contributed by atoms with Crippen LogP contribution in [0.1, 0.15) is 19.8 Å². The second-order valence-electron chi connectivity index (χ2n) is 5.22. The van der Waals surface area contributed by atoms with E-state index in [0.29, 0.717) is 25.1 Å². The molecule has 2 rings (SSSR count). The number of benzene rings is 1. The highest BCUT2D eigenvalue weighted by atomic mass is 35.5. The monoisotopic (exact) mass is 327 g/mol. The first-order valence-electron chi connectivity index (χ1n) is 7.02. The van der Waals surface area contributed by atoms with Crippen molar-refractivity contribution in [1.29, 1.82) is 0 Å².